The number of fused-ring (bicyclic) bond motifs is 2. The first kappa shape index (κ1) is 8.28. The highest BCUT2D eigenvalue weighted by Crippen LogP contribution is 2.54. The van der Waals surface area contributed by atoms with E-state index in [-0.39, 0.29) is 5.54 Å². The molecule has 1 aliphatic carbocycles. The maximum Gasteiger partial charge on any atom is 0.0590 e. The summed E-state index contributed by atoms with van der Waals surface area (Å²) in [5.74, 6) is 0. The zero-order valence-corrected chi connectivity index (χ0v) is 8.65. The number of aliphatic imine (C=N–C) groups is 1. The van der Waals surface area contributed by atoms with Crippen LogP contribution in [0.5, 0.6) is 0 Å². The molecule has 0 aromatic carbocycles. The van der Waals surface area contributed by atoms with E-state index in [1.807, 2.05) is 0 Å². The van der Waals surface area contributed by atoms with Gasteiger partial charge in [0.25, 0.3) is 0 Å². The molecular weight excluding hydrogens is 146 g/mol. The molecule has 0 aromatic rings. The van der Waals surface area contributed by atoms with Crippen molar-refractivity contribution in [2.75, 3.05) is 0 Å². The lowest BCUT2D eigenvalue weighted by Gasteiger charge is -2.43. The zero-order chi connectivity index (χ0) is 9.04. The molecule has 0 spiro atoms. The number of nitrogens with zero attached hydrogens (tertiary/aromatic N) is 1. The van der Waals surface area contributed by atoms with Crippen molar-refractivity contribution in [1.82, 2.24) is 0 Å². The molecule has 1 saturated carbocycles. The Hall–Kier alpha value is -0.330. The quantitative estimate of drug-likeness (QED) is 0.523. The van der Waals surface area contributed by atoms with Crippen molar-refractivity contribution in [3.8, 4) is 0 Å². The molecule has 0 aromatic heterocycles. The lowest BCUT2D eigenvalue weighted by Crippen LogP contribution is -2.39. The third-order valence-corrected chi connectivity index (χ3v) is 3.21. The summed E-state index contributed by atoms with van der Waals surface area (Å²) in [5.41, 5.74) is 1.14. The lowest BCUT2D eigenvalue weighted by atomic mass is 9.61. The van der Waals surface area contributed by atoms with E-state index in [2.05, 4.69) is 38.9 Å². The van der Waals surface area contributed by atoms with E-state index in [1.165, 1.54) is 19.3 Å². The van der Waals surface area contributed by atoms with E-state index in [9.17, 15) is 0 Å². The molecule has 0 amide bonds. The minimum absolute atomic E-state index is 0.260. The van der Waals surface area contributed by atoms with Gasteiger partial charge >= 0.3 is 0 Å². The molecule has 0 saturated heterocycles. The highest BCUT2D eigenvalue weighted by molar-refractivity contribution is 5.69. The molecule has 0 N–H and O–H groups in total. The first-order chi connectivity index (χ1) is 5.33. The van der Waals surface area contributed by atoms with E-state index in [1.54, 1.807) is 0 Å². The fraction of sp³-hybridized carbons (Fsp3) is 0.909. The van der Waals surface area contributed by atoms with Crippen molar-refractivity contribution in [2.45, 2.75) is 52.5 Å². The van der Waals surface area contributed by atoms with Gasteiger partial charge in [-0.05, 0) is 31.6 Å². The minimum atomic E-state index is 0.260. The van der Waals surface area contributed by atoms with Crippen molar-refractivity contribution in [1.29, 1.82) is 0 Å². The van der Waals surface area contributed by atoms with E-state index in [0.29, 0.717) is 10.8 Å². The van der Waals surface area contributed by atoms with E-state index in [4.69, 9.17) is 0 Å². The molecule has 0 radical (unpaired) electrons. The Labute approximate surface area is 75.3 Å². The van der Waals surface area contributed by atoms with Crippen molar-refractivity contribution in [3.63, 3.8) is 0 Å². The Morgan fingerprint density at radius 2 is 1.67 bits per heavy atom. The maximum absolute atomic E-state index is 4.67. The smallest absolute Gasteiger partial charge is 0.0590 e. The van der Waals surface area contributed by atoms with Crippen LogP contribution in [0.15, 0.2) is 4.99 Å². The Morgan fingerprint density at radius 3 is 2.25 bits per heavy atom. The molecule has 2 unspecified atom stereocenters. The van der Waals surface area contributed by atoms with Crippen molar-refractivity contribution < 1.29 is 0 Å². The summed E-state index contributed by atoms with van der Waals surface area (Å²) in [7, 11) is 0. The Balaban J connectivity index is 2.33. The summed E-state index contributed by atoms with van der Waals surface area (Å²) in [6, 6.07) is 0. The summed E-state index contributed by atoms with van der Waals surface area (Å²) in [6.45, 7) is 9.40. The van der Waals surface area contributed by atoms with Crippen LogP contribution in [0.3, 0.4) is 0 Å². The van der Waals surface area contributed by atoms with Crippen LogP contribution in [0, 0.1) is 10.8 Å². The monoisotopic (exact) mass is 165 g/mol. The van der Waals surface area contributed by atoms with Crippen LogP contribution in [-0.2, 0) is 0 Å². The molecule has 12 heavy (non-hydrogen) atoms. The summed E-state index contributed by atoms with van der Waals surface area (Å²) in [6.07, 6.45) is 6.04. The van der Waals surface area contributed by atoms with Crippen molar-refractivity contribution >= 4 is 6.21 Å². The molecule has 1 heteroatoms. The third kappa shape index (κ3) is 1.19. The van der Waals surface area contributed by atoms with Gasteiger partial charge in [-0.3, -0.25) is 4.99 Å². The lowest BCUT2D eigenvalue weighted by molar-refractivity contribution is 0.111. The van der Waals surface area contributed by atoms with Crippen LogP contribution in [0.1, 0.15) is 47.0 Å². The average Bonchev–Trinajstić information content (AvgIpc) is 1.98. The summed E-state index contributed by atoms with van der Waals surface area (Å²) >= 11 is 0. The average molecular weight is 165 g/mol. The van der Waals surface area contributed by atoms with Crippen LogP contribution < -0.4 is 0 Å². The normalized spacial score (nSPS) is 49.7. The Kier molecular flexibility index (Phi) is 1.34. The summed E-state index contributed by atoms with van der Waals surface area (Å²) < 4.78 is 0. The standard InChI is InChI=1S/C11H19N/c1-9(2)5-10(3)7-11(4,6-9)12-8-10/h8H,5-7H2,1-4H3. The van der Waals surface area contributed by atoms with Gasteiger partial charge in [0.1, 0.15) is 0 Å². The van der Waals surface area contributed by atoms with E-state index in [0.717, 1.165) is 0 Å². The molecule has 1 aliphatic heterocycles. The van der Waals surface area contributed by atoms with E-state index < -0.39 is 0 Å². The minimum Gasteiger partial charge on any atom is -0.291 e. The van der Waals surface area contributed by atoms with Gasteiger partial charge in [-0.15, -0.1) is 0 Å². The second-order valence-corrected chi connectivity index (χ2v) is 6.10. The van der Waals surface area contributed by atoms with Crippen LogP contribution in [0.2, 0.25) is 0 Å². The van der Waals surface area contributed by atoms with Gasteiger partial charge in [-0.1, -0.05) is 20.8 Å². The molecular formula is C11H19N. The topological polar surface area (TPSA) is 12.4 Å². The van der Waals surface area contributed by atoms with Gasteiger partial charge in [-0.25, -0.2) is 0 Å². The van der Waals surface area contributed by atoms with Crippen molar-refractivity contribution in [2.24, 2.45) is 15.8 Å². The largest absolute Gasteiger partial charge is 0.291 e. The van der Waals surface area contributed by atoms with E-state index >= 15 is 0 Å². The van der Waals surface area contributed by atoms with Gasteiger partial charge in [0.2, 0.25) is 0 Å². The first-order valence-corrected chi connectivity index (χ1v) is 4.89. The van der Waals surface area contributed by atoms with Gasteiger partial charge in [0.15, 0.2) is 0 Å². The van der Waals surface area contributed by atoms with Crippen LogP contribution in [0.4, 0.5) is 0 Å². The molecule has 1 heterocycles. The molecule has 2 atom stereocenters. The fourth-order valence-electron chi connectivity index (χ4n) is 3.68. The molecule has 1 fully saturated rings. The summed E-state index contributed by atoms with van der Waals surface area (Å²) in [4.78, 5) is 4.67. The molecule has 2 bridgehead atoms. The van der Waals surface area contributed by atoms with Gasteiger partial charge in [0.05, 0.1) is 5.54 Å². The van der Waals surface area contributed by atoms with Crippen LogP contribution in [-0.4, -0.2) is 11.8 Å². The molecule has 68 valence electrons. The highest BCUT2D eigenvalue weighted by Gasteiger charge is 2.49. The predicted molar refractivity (Wildman–Crippen MR) is 52.6 cm³/mol. The van der Waals surface area contributed by atoms with Gasteiger partial charge in [-0.2, -0.15) is 0 Å². The molecule has 2 aliphatic rings. The number of rotatable bonds is 0. The number of hydrogen-bond donors (Lipinski definition) is 0. The first-order valence-electron chi connectivity index (χ1n) is 4.89. The van der Waals surface area contributed by atoms with Gasteiger partial charge < -0.3 is 0 Å². The number of hydrogen-bond acceptors (Lipinski definition) is 1. The van der Waals surface area contributed by atoms with Gasteiger partial charge in [0, 0.05) is 11.6 Å². The zero-order valence-electron chi connectivity index (χ0n) is 8.65. The highest BCUT2D eigenvalue weighted by atomic mass is 14.9. The molecule has 1 nitrogen and oxygen atoms in total. The molecule has 2 rings (SSSR count). The Morgan fingerprint density at radius 1 is 1.00 bits per heavy atom. The Bertz CT molecular complexity index is 219. The van der Waals surface area contributed by atoms with Crippen molar-refractivity contribution in [3.05, 3.63) is 0 Å². The second-order valence-electron chi connectivity index (χ2n) is 6.10. The fourth-order valence-corrected chi connectivity index (χ4v) is 3.68. The predicted octanol–water partition coefficient (Wildman–Crippen LogP) is 3.05. The SMILES string of the molecule is CC1(C)CC2(C)C=NC(C)(C1)C2. The van der Waals surface area contributed by atoms with Crippen LogP contribution in [0.25, 0.3) is 0 Å². The third-order valence-electron chi connectivity index (χ3n) is 3.21. The maximum atomic E-state index is 4.67. The van der Waals surface area contributed by atoms with Crippen LogP contribution >= 0.6 is 0 Å². The summed E-state index contributed by atoms with van der Waals surface area (Å²) in [5, 5.41) is 0. The second kappa shape index (κ2) is 1.94.